The molecule has 1 fully saturated rings. The van der Waals surface area contributed by atoms with E-state index in [2.05, 4.69) is 10.6 Å². The largest absolute Gasteiger partial charge is 0.467 e. The minimum atomic E-state index is -1.04. The monoisotopic (exact) mass is 585 g/mol. The van der Waals surface area contributed by atoms with E-state index < -0.39 is 30.1 Å². The number of carbonyl (C=O) groups is 4. The number of benzene rings is 2. The number of rotatable bonds is 13. The van der Waals surface area contributed by atoms with Crippen LogP contribution in [0.1, 0.15) is 62.5 Å². The minimum absolute atomic E-state index is 0.00639. The van der Waals surface area contributed by atoms with Gasteiger partial charge in [0.2, 0.25) is 11.8 Å². The number of hydrogen-bond acceptors (Lipinski definition) is 6. The molecule has 2 atom stereocenters. The highest BCUT2D eigenvalue weighted by atomic mass is 35.5. The molecule has 2 aromatic carbocycles. The third-order valence-corrected chi connectivity index (χ3v) is 7.53. The van der Waals surface area contributed by atoms with Crippen LogP contribution in [0.2, 0.25) is 5.02 Å². The van der Waals surface area contributed by atoms with Gasteiger partial charge in [-0.2, -0.15) is 0 Å². The molecule has 3 rings (SSSR count). The van der Waals surface area contributed by atoms with Gasteiger partial charge in [0.1, 0.15) is 18.7 Å². The summed E-state index contributed by atoms with van der Waals surface area (Å²) >= 11 is 6.01. The van der Waals surface area contributed by atoms with Crippen LogP contribution in [-0.4, -0.2) is 55.0 Å². The van der Waals surface area contributed by atoms with Crippen molar-refractivity contribution >= 4 is 35.5 Å². The molecule has 1 saturated carbocycles. The van der Waals surface area contributed by atoms with Gasteiger partial charge in [-0.05, 0) is 42.0 Å². The first-order valence-corrected chi connectivity index (χ1v) is 14.5. The summed E-state index contributed by atoms with van der Waals surface area (Å²) in [5.41, 5.74) is 1.70. The molecule has 0 aromatic heterocycles. The molecule has 0 spiro atoms. The van der Waals surface area contributed by atoms with E-state index in [0.29, 0.717) is 23.6 Å². The second kappa shape index (κ2) is 16.6. The Bertz CT molecular complexity index is 1160. The number of alkyl carbamates (subject to hydrolysis) is 1. The van der Waals surface area contributed by atoms with E-state index >= 15 is 0 Å². The van der Waals surface area contributed by atoms with Crippen molar-refractivity contribution in [3.05, 3.63) is 70.7 Å². The number of carbonyl (C=O) groups excluding carboxylic acids is 4. The molecule has 1 aliphatic rings. The molecule has 0 saturated heterocycles. The van der Waals surface area contributed by atoms with Crippen LogP contribution in [0.4, 0.5) is 4.79 Å². The van der Waals surface area contributed by atoms with Gasteiger partial charge < -0.3 is 25.0 Å². The molecule has 0 aliphatic heterocycles. The summed E-state index contributed by atoms with van der Waals surface area (Å²) in [6.07, 6.45) is 5.00. The summed E-state index contributed by atoms with van der Waals surface area (Å²) in [5.74, 6) is -1.08. The van der Waals surface area contributed by atoms with Gasteiger partial charge in [0.25, 0.3) is 0 Å². The van der Waals surface area contributed by atoms with Crippen molar-refractivity contribution in [3.8, 4) is 0 Å². The number of ether oxygens (including phenoxy) is 2. The van der Waals surface area contributed by atoms with E-state index in [1.165, 1.54) is 7.11 Å². The van der Waals surface area contributed by atoms with Crippen molar-refractivity contribution < 1.29 is 28.7 Å². The predicted molar refractivity (Wildman–Crippen MR) is 156 cm³/mol. The lowest BCUT2D eigenvalue weighted by Gasteiger charge is -2.27. The fourth-order valence-electron chi connectivity index (χ4n) is 5.01. The zero-order valence-electron chi connectivity index (χ0n) is 23.8. The number of esters is 1. The number of nitrogens with zero attached hydrogens (tertiary/aromatic N) is 1. The van der Waals surface area contributed by atoms with Gasteiger partial charge in [-0.3, -0.25) is 9.59 Å². The molecule has 2 N–H and O–H groups in total. The highest BCUT2D eigenvalue weighted by Crippen LogP contribution is 2.27. The second-order valence-electron chi connectivity index (χ2n) is 10.5. The van der Waals surface area contributed by atoms with Gasteiger partial charge in [0.15, 0.2) is 0 Å². The maximum Gasteiger partial charge on any atom is 0.408 e. The predicted octanol–water partition coefficient (Wildman–Crippen LogP) is 5.00. The van der Waals surface area contributed by atoms with Crippen LogP contribution in [-0.2, 0) is 37.0 Å². The number of halogens is 1. The molecule has 3 amide bonds. The smallest absolute Gasteiger partial charge is 0.408 e. The third-order valence-electron chi connectivity index (χ3n) is 7.30. The number of amides is 3. The Labute approximate surface area is 246 Å². The summed E-state index contributed by atoms with van der Waals surface area (Å²) in [7, 11) is 2.93. The van der Waals surface area contributed by atoms with Crippen molar-refractivity contribution in [1.82, 2.24) is 15.5 Å². The fourth-order valence-corrected chi connectivity index (χ4v) is 5.23. The number of hydrogen-bond donors (Lipinski definition) is 2. The second-order valence-corrected chi connectivity index (χ2v) is 10.9. The fraction of sp³-hybridized carbons (Fsp3) is 0.484. The summed E-state index contributed by atoms with van der Waals surface area (Å²) in [4.78, 5) is 53.0. The van der Waals surface area contributed by atoms with E-state index in [9.17, 15) is 19.2 Å². The first kappa shape index (κ1) is 31.9. The van der Waals surface area contributed by atoms with Crippen LogP contribution in [0.25, 0.3) is 0 Å². The van der Waals surface area contributed by atoms with Crippen molar-refractivity contribution in [3.63, 3.8) is 0 Å². The maximum atomic E-state index is 13.4. The minimum Gasteiger partial charge on any atom is -0.467 e. The zero-order valence-corrected chi connectivity index (χ0v) is 24.5. The van der Waals surface area contributed by atoms with Gasteiger partial charge in [-0.1, -0.05) is 86.2 Å². The Balaban J connectivity index is 1.61. The van der Waals surface area contributed by atoms with Crippen LogP contribution >= 0.6 is 11.6 Å². The van der Waals surface area contributed by atoms with Crippen molar-refractivity contribution in [1.29, 1.82) is 0 Å². The Morgan fingerprint density at radius 3 is 2.34 bits per heavy atom. The highest BCUT2D eigenvalue weighted by molar-refractivity contribution is 6.30. The first-order valence-electron chi connectivity index (χ1n) is 14.1. The molecule has 1 aliphatic carbocycles. The van der Waals surface area contributed by atoms with Gasteiger partial charge in [0, 0.05) is 25.0 Å². The molecule has 0 unspecified atom stereocenters. The Morgan fingerprint density at radius 1 is 0.951 bits per heavy atom. The van der Waals surface area contributed by atoms with Crippen LogP contribution in [0, 0.1) is 5.92 Å². The van der Waals surface area contributed by atoms with Gasteiger partial charge in [0.05, 0.1) is 7.11 Å². The molecule has 41 heavy (non-hydrogen) atoms. The lowest BCUT2D eigenvalue weighted by atomic mass is 9.84. The number of methoxy groups -OCH3 is 1. The normalized spacial score (nSPS) is 14.8. The molecule has 10 heteroatoms. The van der Waals surface area contributed by atoms with Gasteiger partial charge in [-0.15, -0.1) is 0 Å². The van der Waals surface area contributed by atoms with Gasteiger partial charge >= 0.3 is 12.1 Å². The van der Waals surface area contributed by atoms with E-state index in [0.717, 1.165) is 37.7 Å². The molecule has 0 radical (unpaired) electrons. The Hall–Kier alpha value is -3.59. The average molecular weight is 586 g/mol. The Kier molecular flexibility index (Phi) is 12.9. The summed E-state index contributed by atoms with van der Waals surface area (Å²) < 4.78 is 10.3. The van der Waals surface area contributed by atoms with E-state index in [4.69, 9.17) is 21.1 Å². The van der Waals surface area contributed by atoms with E-state index in [1.807, 2.05) is 30.3 Å². The van der Waals surface area contributed by atoms with E-state index in [-0.39, 0.29) is 31.3 Å². The van der Waals surface area contributed by atoms with Crippen LogP contribution in [0.5, 0.6) is 0 Å². The van der Waals surface area contributed by atoms with Crippen molar-refractivity contribution in [2.24, 2.45) is 5.92 Å². The molecule has 0 heterocycles. The topological polar surface area (TPSA) is 114 Å². The van der Waals surface area contributed by atoms with E-state index in [1.54, 1.807) is 36.2 Å². The van der Waals surface area contributed by atoms with Crippen LogP contribution < -0.4 is 10.6 Å². The van der Waals surface area contributed by atoms with Crippen LogP contribution in [0.15, 0.2) is 54.6 Å². The van der Waals surface area contributed by atoms with Gasteiger partial charge in [-0.25, -0.2) is 9.59 Å². The lowest BCUT2D eigenvalue weighted by molar-refractivity contribution is -0.145. The van der Waals surface area contributed by atoms with Crippen LogP contribution in [0.3, 0.4) is 0 Å². The average Bonchev–Trinajstić information content (AvgIpc) is 2.98. The zero-order chi connectivity index (χ0) is 29.6. The SMILES string of the molecule is COC(=O)[C@H](CCC(=O)N(C)Cc1ccccc1)NC(=O)[C@H](CC1CCCCC1)NC(=O)OCc1cccc(Cl)c1. The molecule has 0 bridgehead atoms. The third kappa shape index (κ3) is 11.1. The first-order chi connectivity index (χ1) is 19.7. The lowest BCUT2D eigenvalue weighted by Crippen LogP contribution is -2.52. The summed E-state index contributed by atoms with van der Waals surface area (Å²) in [6.45, 7) is 0.424. The highest BCUT2D eigenvalue weighted by Gasteiger charge is 2.31. The van der Waals surface area contributed by atoms with Crippen molar-refractivity contribution in [2.75, 3.05) is 14.2 Å². The molecule has 9 nitrogen and oxygen atoms in total. The van der Waals surface area contributed by atoms with Crippen molar-refractivity contribution in [2.45, 2.75) is 76.6 Å². The Morgan fingerprint density at radius 2 is 1.66 bits per heavy atom. The summed E-state index contributed by atoms with van der Waals surface area (Å²) in [5, 5.41) is 5.93. The number of nitrogens with one attached hydrogen (secondary N) is 2. The molecule has 222 valence electrons. The standard InChI is InChI=1S/C31H40ClN3O6/c1-35(20-23-12-7-4-8-13-23)28(36)17-16-26(30(38)40-2)33-29(37)27(19-22-10-5-3-6-11-22)34-31(39)41-21-24-14-9-15-25(32)18-24/h4,7-9,12-15,18,22,26-27H,3,5-6,10-11,16-17,19-21H2,1-2H3,(H,33,37)(H,34,39)/t26-,27-/m0/s1. The summed E-state index contributed by atoms with van der Waals surface area (Å²) in [6, 6.07) is 14.6. The maximum absolute atomic E-state index is 13.4. The molecule has 2 aromatic rings. The quantitative estimate of drug-likeness (QED) is 0.320. The molecular formula is C31H40ClN3O6. The molecular weight excluding hydrogens is 546 g/mol.